The first-order valence-electron chi connectivity index (χ1n) is 8.31. The number of hydrogen-bond acceptors (Lipinski definition) is 6. The predicted molar refractivity (Wildman–Crippen MR) is 94.1 cm³/mol. The molecule has 1 aliphatic heterocycles. The quantitative estimate of drug-likeness (QED) is 0.726. The number of rotatable bonds is 5. The molecule has 0 saturated carbocycles. The minimum Gasteiger partial charge on any atom is -0.370 e. The molecule has 1 saturated heterocycles. The molecule has 0 unspecified atom stereocenters. The van der Waals surface area contributed by atoms with Gasteiger partial charge in [-0.1, -0.05) is 0 Å². The molecular formula is C17H18F2N6O. The van der Waals surface area contributed by atoms with Crippen LogP contribution >= 0.6 is 0 Å². The fourth-order valence-electron chi connectivity index (χ4n) is 3.32. The summed E-state index contributed by atoms with van der Waals surface area (Å²) >= 11 is 0. The van der Waals surface area contributed by atoms with Gasteiger partial charge >= 0.3 is 0 Å². The van der Waals surface area contributed by atoms with Gasteiger partial charge in [0, 0.05) is 37.2 Å². The standard InChI is InChI=1S/C17H18F2N6O/c18-14(19)9-26-10-3-6-25(8-10)13-2-5-21-16-15(13)11(7-23-16)12-1-4-22-17(20)24-12/h1-2,4-5,7,10,14H,3,6,8-9H2,(H,21,23)(H2,20,22,24)/t10-/m1/s1. The molecule has 0 aliphatic carbocycles. The average molecular weight is 360 g/mol. The van der Waals surface area contributed by atoms with Gasteiger partial charge in [0.2, 0.25) is 5.95 Å². The van der Waals surface area contributed by atoms with Crippen LogP contribution in [0.5, 0.6) is 0 Å². The van der Waals surface area contributed by atoms with Crippen molar-refractivity contribution in [3.8, 4) is 11.3 Å². The minimum absolute atomic E-state index is 0.198. The number of aromatic amines is 1. The van der Waals surface area contributed by atoms with Crippen molar-refractivity contribution in [2.24, 2.45) is 0 Å². The largest absolute Gasteiger partial charge is 0.370 e. The van der Waals surface area contributed by atoms with Gasteiger partial charge in [0.05, 0.1) is 22.9 Å². The van der Waals surface area contributed by atoms with E-state index in [2.05, 4.69) is 24.8 Å². The van der Waals surface area contributed by atoms with Gasteiger partial charge in [0.1, 0.15) is 12.3 Å². The molecule has 0 aromatic carbocycles. The summed E-state index contributed by atoms with van der Waals surface area (Å²) in [5, 5.41) is 0.917. The fourth-order valence-corrected chi connectivity index (χ4v) is 3.32. The maximum absolute atomic E-state index is 12.4. The maximum atomic E-state index is 12.4. The second kappa shape index (κ2) is 6.83. The van der Waals surface area contributed by atoms with Crippen molar-refractivity contribution < 1.29 is 13.5 Å². The van der Waals surface area contributed by atoms with Crippen LogP contribution in [0.3, 0.4) is 0 Å². The number of fused-ring (bicyclic) bond motifs is 1. The summed E-state index contributed by atoms with van der Waals surface area (Å²) in [6.07, 6.45) is 3.22. The van der Waals surface area contributed by atoms with Crippen molar-refractivity contribution in [3.63, 3.8) is 0 Å². The zero-order chi connectivity index (χ0) is 18.1. The van der Waals surface area contributed by atoms with Gasteiger partial charge in [0.15, 0.2) is 0 Å². The molecule has 136 valence electrons. The molecule has 0 amide bonds. The summed E-state index contributed by atoms with van der Waals surface area (Å²) in [4.78, 5) is 17.9. The van der Waals surface area contributed by atoms with Crippen LogP contribution in [0.4, 0.5) is 20.4 Å². The zero-order valence-corrected chi connectivity index (χ0v) is 13.9. The third-order valence-corrected chi connectivity index (χ3v) is 4.45. The Labute approximate surface area is 148 Å². The van der Waals surface area contributed by atoms with E-state index in [4.69, 9.17) is 10.5 Å². The summed E-state index contributed by atoms with van der Waals surface area (Å²) in [6.45, 7) is 0.756. The Morgan fingerprint density at radius 2 is 2.15 bits per heavy atom. The molecule has 1 aliphatic rings. The van der Waals surface area contributed by atoms with Gasteiger partial charge in [-0.25, -0.2) is 23.7 Å². The number of H-pyrrole nitrogens is 1. The summed E-state index contributed by atoms with van der Waals surface area (Å²) < 4.78 is 30.0. The molecule has 9 heteroatoms. The summed E-state index contributed by atoms with van der Waals surface area (Å²) in [5.74, 6) is 0.198. The highest BCUT2D eigenvalue weighted by atomic mass is 19.3. The van der Waals surface area contributed by atoms with E-state index in [0.29, 0.717) is 18.7 Å². The first-order valence-corrected chi connectivity index (χ1v) is 8.31. The molecule has 3 aromatic rings. The summed E-state index contributed by atoms with van der Waals surface area (Å²) in [7, 11) is 0. The number of nitrogens with one attached hydrogen (secondary N) is 1. The Kier molecular flexibility index (Phi) is 4.37. The smallest absolute Gasteiger partial charge is 0.261 e. The van der Waals surface area contributed by atoms with Crippen LogP contribution in [-0.4, -0.2) is 52.2 Å². The fraction of sp³-hybridized carbons (Fsp3) is 0.353. The van der Waals surface area contributed by atoms with E-state index >= 15 is 0 Å². The third-order valence-electron chi connectivity index (χ3n) is 4.45. The number of halogens is 2. The van der Waals surface area contributed by atoms with Crippen molar-refractivity contribution in [2.45, 2.75) is 19.0 Å². The van der Waals surface area contributed by atoms with Crippen LogP contribution in [0.2, 0.25) is 0 Å². The third kappa shape index (κ3) is 3.17. The summed E-state index contributed by atoms with van der Waals surface area (Å²) in [6, 6.07) is 3.70. The molecule has 3 aromatic heterocycles. The Balaban J connectivity index is 1.67. The lowest BCUT2D eigenvalue weighted by molar-refractivity contribution is -0.0156. The molecular weight excluding hydrogens is 342 g/mol. The molecule has 3 N–H and O–H groups in total. The van der Waals surface area contributed by atoms with Crippen LogP contribution in [0.25, 0.3) is 22.3 Å². The normalized spacial score (nSPS) is 17.5. The van der Waals surface area contributed by atoms with E-state index in [9.17, 15) is 8.78 Å². The molecule has 26 heavy (non-hydrogen) atoms. The number of nitrogens with zero attached hydrogens (tertiary/aromatic N) is 4. The van der Waals surface area contributed by atoms with Crippen molar-refractivity contribution in [3.05, 3.63) is 30.7 Å². The number of hydrogen-bond donors (Lipinski definition) is 2. The number of anilines is 2. The lowest BCUT2D eigenvalue weighted by Crippen LogP contribution is -2.24. The number of alkyl halides is 2. The van der Waals surface area contributed by atoms with Gasteiger partial charge in [-0.05, 0) is 18.6 Å². The average Bonchev–Trinajstić information content (AvgIpc) is 3.27. The monoisotopic (exact) mass is 360 g/mol. The Bertz CT molecular complexity index is 915. The van der Waals surface area contributed by atoms with Gasteiger partial charge in [-0.15, -0.1) is 0 Å². The van der Waals surface area contributed by atoms with E-state index in [-0.39, 0.29) is 12.1 Å². The van der Waals surface area contributed by atoms with Gasteiger partial charge in [-0.3, -0.25) is 0 Å². The van der Waals surface area contributed by atoms with Gasteiger partial charge in [-0.2, -0.15) is 0 Å². The molecule has 0 radical (unpaired) electrons. The lowest BCUT2D eigenvalue weighted by atomic mass is 10.1. The molecule has 4 heterocycles. The van der Waals surface area contributed by atoms with Crippen molar-refractivity contribution >= 4 is 22.7 Å². The molecule has 7 nitrogen and oxygen atoms in total. The van der Waals surface area contributed by atoms with Crippen LogP contribution in [-0.2, 0) is 4.74 Å². The van der Waals surface area contributed by atoms with E-state index < -0.39 is 13.0 Å². The zero-order valence-electron chi connectivity index (χ0n) is 13.9. The Hall–Kier alpha value is -2.81. The molecule has 1 fully saturated rings. The SMILES string of the molecule is Nc1nccc(-c2c[nH]c3nccc(N4CC[C@@H](OCC(F)F)C4)c23)n1. The molecule has 0 bridgehead atoms. The van der Waals surface area contributed by atoms with Crippen LogP contribution < -0.4 is 10.6 Å². The van der Waals surface area contributed by atoms with Crippen molar-refractivity contribution in [2.75, 3.05) is 30.3 Å². The van der Waals surface area contributed by atoms with Crippen LogP contribution in [0, 0.1) is 0 Å². The molecule has 4 rings (SSSR count). The Morgan fingerprint density at radius 3 is 2.96 bits per heavy atom. The molecule has 0 spiro atoms. The maximum Gasteiger partial charge on any atom is 0.261 e. The van der Waals surface area contributed by atoms with Crippen LogP contribution in [0.1, 0.15) is 6.42 Å². The molecule has 1 atom stereocenters. The van der Waals surface area contributed by atoms with Gasteiger partial charge in [0.25, 0.3) is 6.43 Å². The second-order valence-corrected chi connectivity index (χ2v) is 6.14. The lowest BCUT2D eigenvalue weighted by Gasteiger charge is -2.20. The van der Waals surface area contributed by atoms with E-state index in [1.54, 1.807) is 18.5 Å². The number of nitrogens with two attached hydrogens (primary N) is 1. The highest BCUT2D eigenvalue weighted by molar-refractivity contribution is 6.02. The van der Waals surface area contributed by atoms with Crippen LogP contribution in [0.15, 0.2) is 30.7 Å². The van der Waals surface area contributed by atoms with E-state index in [1.807, 2.05) is 12.3 Å². The first-order chi connectivity index (χ1) is 12.6. The number of nitrogen functional groups attached to an aromatic ring is 1. The second-order valence-electron chi connectivity index (χ2n) is 6.14. The van der Waals surface area contributed by atoms with Gasteiger partial charge < -0.3 is 20.4 Å². The highest BCUT2D eigenvalue weighted by Crippen LogP contribution is 2.35. The topological polar surface area (TPSA) is 93.0 Å². The first kappa shape index (κ1) is 16.6. The minimum atomic E-state index is -2.45. The number of aromatic nitrogens is 4. The van der Waals surface area contributed by atoms with E-state index in [0.717, 1.165) is 28.8 Å². The van der Waals surface area contributed by atoms with E-state index in [1.165, 1.54) is 0 Å². The Morgan fingerprint density at radius 1 is 1.31 bits per heavy atom. The number of pyridine rings is 1. The highest BCUT2D eigenvalue weighted by Gasteiger charge is 2.26. The summed E-state index contributed by atoms with van der Waals surface area (Å²) in [5.41, 5.74) is 8.97. The number of ether oxygens (including phenoxy) is 1. The predicted octanol–water partition coefficient (Wildman–Crippen LogP) is 2.46. The van der Waals surface area contributed by atoms with Crippen molar-refractivity contribution in [1.82, 2.24) is 19.9 Å². The van der Waals surface area contributed by atoms with Crippen molar-refractivity contribution in [1.29, 1.82) is 0 Å².